The normalized spacial score (nSPS) is 11.1. The van der Waals surface area contributed by atoms with Crippen molar-refractivity contribution in [1.82, 2.24) is 10.4 Å². The molecule has 0 aliphatic heterocycles. The molecule has 224 valence electrons. The Morgan fingerprint density at radius 1 is 1.00 bits per heavy atom. The number of hydrazone groups is 1. The van der Waals surface area contributed by atoms with Crippen LogP contribution < -0.4 is 20.2 Å². The molecule has 1 amide bonds. The van der Waals surface area contributed by atoms with Gasteiger partial charge in [-0.3, -0.25) is 4.79 Å². The first-order valence-electron chi connectivity index (χ1n) is 13.9. The zero-order valence-electron chi connectivity index (χ0n) is 24.0. The number of ether oxygens (including phenoxy) is 2. The maximum atomic E-state index is 12.8. The summed E-state index contributed by atoms with van der Waals surface area (Å²) in [6.07, 6.45) is 1.58. The molecule has 5 aromatic carbocycles. The van der Waals surface area contributed by atoms with Crippen molar-refractivity contribution in [2.75, 3.05) is 12.4 Å². The number of nitrogens with zero attached hydrogens (tertiary/aromatic N) is 2. The zero-order valence-corrected chi connectivity index (χ0v) is 27.7. The van der Waals surface area contributed by atoms with Crippen molar-refractivity contribution in [1.29, 1.82) is 0 Å². The van der Waals surface area contributed by atoms with E-state index in [-0.39, 0.29) is 5.91 Å². The summed E-state index contributed by atoms with van der Waals surface area (Å²) in [6.45, 7) is 0.403. The van der Waals surface area contributed by atoms with Gasteiger partial charge < -0.3 is 14.8 Å². The number of nitrogens with one attached hydrogen (secondary N) is 2. The highest BCUT2D eigenvalue weighted by Gasteiger charge is 2.13. The van der Waals surface area contributed by atoms with Crippen LogP contribution in [0.15, 0.2) is 114 Å². The number of aromatic nitrogens is 1. The van der Waals surface area contributed by atoms with Gasteiger partial charge in [0.2, 0.25) is 0 Å². The first-order valence-corrected chi connectivity index (χ1v) is 16.2. The molecule has 45 heavy (non-hydrogen) atoms. The van der Waals surface area contributed by atoms with E-state index < -0.39 is 0 Å². The van der Waals surface area contributed by atoms with E-state index in [1.54, 1.807) is 25.5 Å². The summed E-state index contributed by atoms with van der Waals surface area (Å²) in [4.78, 5) is 17.4. The van der Waals surface area contributed by atoms with Gasteiger partial charge in [-0.2, -0.15) is 5.10 Å². The van der Waals surface area contributed by atoms with Gasteiger partial charge in [0.05, 0.1) is 22.6 Å². The van der Waals surface area contributed by atoms with Crippen LogP contribution in [0.4, 0.5) is 10.8 Å². The summed E-state index contributed by atoms with van der Waals surface area (Å²) in [6, 6.07) is 32.8. The molecule has 0 atom stereocenters. The van der Waals surface area contributed by atoms with Gasteiger partial charge in [0.25, 0.3) is 5.91 Å². The lowest BCUT2D eigenvalue weighted by molar-refractivity contribution is 0.0955. The molecule has 0 fully saturated rings. The van der Waals surface area contributed by atoms with Gasteiger partial charge in [0.1, 0.15) is 6.61 Å². The molecule has 1 heterocycles. The maximum absolute atomic E-state index is 12.8. The maximum Gasteiger partial charge on any atom is 0.271 e. The molecule has 2 N–H and O–H groups in total. The van der Waals surface area contributed by atoms with E-state index in [4.69, 9.17) is 21.1 Å². The number of thiazole rings is 1. The number of hydrogen-bond donors (Lipinski definition) is 2. The predicted octanol–water partition coefficient (Wildman–Crippen LogP) is 9.32. The quantitative estimate of drug-likeness (QED) is 0.0830. The second-order valence-corrected chi connectivity index (χ2v) is 12.4. The number of methoxy groups -OCH3 is 1. The monoisotopic (exact) mass is 744 g/mol. The van der Waals surface area contributed by atoms with Crippen molar-refractivity contribution in [3.05, 3.63) is 134 Å². The molecular weight excluding hydrogens is 719 g/mol. The molecule has 6 aromatic rings. The van der Waals surface area contributed by atoms with Crippen LogP contribution in [0.25, 0.3) is 22.0 Å². The minimum atomic E-state index is -0.321. The molecule has 7 nitrogen and oxygen atoms in total. The average Bonchev–Trinajstić information content (AvgIpc) is 3.53. The van der Waals surface area contributed by atoms with E-state index >= 15 is 0 Å². The van der Waals surface area contributed by atoms with Gasteiger partial charge in [0, 0.05) is 27.2 Å². The number of benzene rings is 5. The lowest BCUT2D eigenvalue weighted by Crippen LogP contribution is -2.17. The Morgan fingerprint density at radius 3 is 2.58 bits per heavy atom. The van der Waals surface area contributed by atoms with E-state index in [1.807, 2.05) is 72.1 Å². The van der Waals surface area contributed by atoms with E-state index in [2.05, 4.69) is 67.7 Å². The van der Waals surface area contributed by atoms with Crippen molar-refractivity contribution >= 4 is 79.2 Å². The Labute approximate surface area is 283 Å². The van der Waals surface area contributed by atoms with Crippen molar-refractivity contribution in [2.45, 2.75) is 6.61 Å². The molecule has 0 saturated carbocycles. The summed E-state index contributed by atoms with van der Waals surface area (Å²) < 4.78 is 12.7. The standard InChI is InChI=1S/C35H26ClIN4O3S/c1-43-32-18-22(17-30(37)33(32)44-20-26-7-4-6-23-5-2-3-8-29(23)26)19-38-41-34(42)25-11-9-24(10-12-25)31-21-45-35(40-31)39-28-15-13-27(36)14-16-28/h2-19,21H,20H2,1H3,(H,39,40)(H,41,42)/b38-19-. The van der Waals surface area contributed by atoms with E-state index in [9.17, 15) is 4.79 Å². The summed E-state index contributed by atoms with van der Waals surface area (Å²) >= 11 is 9.68. The van der Waals surface area contributed by atoms with Crippen LogP contribution in [-0.4, -0.2) is 24.2 Å². The third kappa shape index (κ3) is 7.44. The predicted molar refractivity (Wildman–Crippen MR) is 191 cm³/mol. The van der Waals surface area contributed by atoms with Gasteiger partial charge in [-0.1, -0.05) is 66.2 Å². The lowest BCUT2D eigenvalue weighted by Gasteiger charge is -2.14. The molecule has 0 bridgehead atoms. The van der Waals surface area contributed by atoms with Crippen molar-refractivity contribution in [3.8, 4) is 22.8 Å². The fourth-order valence-corrected chi connectivity index (χ4v) is 6.31. The minimum Gasteiger partial charge on any atom is -0.493 e. The molecular formula is C35H26ClIN4O3S. The molecule has 0 saturated heterocycles. The summed E-state index contributed by atoms with van der Waals surface area (Å²) in [7, 11) is 1.60. The Kier molecular flexibility index (Phi) is 9.58. The first-order chi connectivity index (χ1) is 22.0. The van der Waals surface area contributed by atoms with Crippen molar-refractivity contribution < 1.29 is 14.3 Å². The van der Waals surface area contributed by atoms with Crippen LogP contribution in [0.5, 0.6) is 11.5 Å². The van der Waals surface area contributed by atoms with E-state index in [1.165, 1.54) is 16.7 Å². The molecule has 0 spiro atoms. The highest BCUT2D eigenvalue weighted by Crippen LogP contribution is 2.35. The third-order valence-corrected chi connectivity index (χ3v) is 8.74. The molecule has 0 unspecified atom stereocenters. The molecule has 6 rings (SSSR count). The van der Waals surface area contributed by atoms with Gasteiger partial charge in [-0.05, 0) is 93.0 Å². The highest BCUT2D eigenvalue weighted by molar-refractivity contribution is 14.1. The van der Waals surface area contributed by atoms with Crippen LogP contribution >= 0.6 is 45.5 Å². The van der Waals surface area contributed by atoms with Crippen molar-refractivity contribution in [3.63, 3.8) is 0 Å². The van der Waals surface area contributed by atoms with Crippen LogP contribution in [0.3, 0.4) is 0 Å². The number of amides is 1. The lowest BCUT2D eigenvalue weighted by atomic mass is 10.1. The topological polar surface area (TPSA) is 84.8 Å². The number of carbonyl (C=O) groups is 1. The smallest absolute Gasteiger partial charge is 0.271 e. The number of anilines is 2. The number of hydrogen-bond acceptors (Lipinski definition) is 7. The van der Waals surface area contributed by atoms with Crippen LogP contribution in [0.1, 0.15) is 21.5 Å². The SMILES string of the molecule is COc1cc(/C=N\NC(=O)c2ccc(-c3csc(Nc4ccc(Cl)cc4)n3)cc2)cc(I)c1OCc1cccc2ccccc12. The summed E-state index contributed by atoms with van der Waals surface area (Å²) in [5, 5.41) is 13.2. The van der Waals surface area contributed by atoms with Crippen LogP contribution in [0, 0.1) is 3.57 Å². The van der Waals surface area contributed by atoms with E-state index in [0.717, 1.165) is 42.2 Å². The average molecular weight is 745 g/mol. The Balaban J connectivity index is 1.07. The Bertz CT molecular complexity index is 1990. The molecule has 0 aliphatic rings. The second kappa shape index (κ2) is 14.1. The zero-order chi connectivity index (χ0) is 31.2. The number of halogens is 2. The Morgan fingerprint density at radius 2 is 1.78 bits per heavy atom. The second-order valence-electron chi connectivity index (χ2n) is 9.91. The minimum absolute atomic E-state index is 0.321. The largest absolute Gasteiger partial charge is 0.493 e. The van der Waals surface area contributed by atoms with Crippen LogP contribution in [0.2, 0.25) is 5.02 Å². The van der Waals surface area contributed by atoms with Gasteiger partial charge in [0.15, 0.2) is 16.6 Å². The van der Waals surface area contributed by atoms with Gasteiger partial charge in [-0.25, -0.2) is 10.4 Å². The number of rotatable bonds is 10. The highest BCUT2D eigenvalue weighted by atomic mass is 127. The number of fused-ring (bicyclic) bond motifs is 1. The molecule has 0 radical (unpaired) electrons. The third-order valence-electron chi connectivity index (χ3n) is 6.93. The molecule has 1 aromatic heterocycles. The molecule has 0 aliphatic carbocycles. The van der Waals surface area contributed by atoms with Crippen molar-refractivity contribution in [2.24, 2.45) is 5.10 Å². The van der Waals surface area contributed by atoms with Gasteiger partial charge in [-0.15, -0.1) is 11.3 Å². The van der Waals surface area contributed by atoms with Gasteiger partial charge >= 0.3 is 0 Å². The first kappa shape index (κ1) is 30.6. The summed E-state index contributed by atoms with van der Waals surface area (Å²) in [5.74, 6) is 0.914. The van der Waals surface area contributed by atoms with E-state index in [0.29, 0.717) is 28.7 Å². The summed E-state index contributed by atoms with van der Waals surface area (Å²) in [5.41, 5.74) is 7.56. The van der Waals surface area contributed by atoms with Crippen LogP contribution in [-0.2, 0) is 6.61 Å². The number of carbonyl (C=O) groups excluding carboxylic acids is 1. The Hall–Kier alpha value is -4.45. The molecule has 10 heteroatoms. The fraction of sp³-hybridized carbons (Fsp3) is 0.0571. The fourth-order valence-electron chi connectivity index (χ4n) is 4.67.